The number of carbonyl (C=O) groups is 1. The van der Waals surface area contributed by atoms with Gasteiger partial charge in [0.2, 0.25) is 0 Å². The fourth-order valence-electron chi connectivity index (χ4n) is 2.68. The van der Waals surface area contributed by atoms with Gasteiger partial charge in [-0.3, -0.25) is 4.79 Å². The van der Waals surface area contributed by atoms with Crippen molar-refractivity contribution in [2.24, 2.45) is 11.8 Å². The molecule has 0 saturated carbocycles. The molecule has 1 aromatic heterocycles. The molecular weight excluding hydrogens is 336 g/mol. The van der Waals surface area contributed by atoms with Gasteiger partial charge in [-0.2, -0.15) is 0 Å². The van der Waals surface area contributed by atoms with E-state index in [0.29, 0.717) is 18.1 Å². The van der Waals surface area contributed by atoms with Gasteiger partial charge in [-0.05, 0) is 29.7 Å². The third-order valence-electron chi connectivity index (χ3n) is 4.66. The van der Waals surface area contributed by atoms with Crippen LogP contribution in [0.5, 0.6) is 0 Å². The van der Waals surface area contributed by atoms with Crippen LogP contribution >= 0.6 is 0 Å². The van der Waals surface area contributed by atoms with Gasteiger partial charge in [0.15, 0.2) is 5.82 Å². The number of fused-ring (bicyclic) bond motifs is 1. The highest BCUT2D eigenvalue weighted by Gasteiger charge is 2.27. The Hall–Kier alpha value is -2.69. The Morgan fingerprint density at radius 2 is 1.74 bits per heavy atom. The first kappa shape index (κ1) is 20.6. The topological polar surface area (TPSA) is 58.1 Å². The summed E-state index contributed by atoms with van der Waals surface area (Å²) in [5.41, 5.74) is 3.28. The molecule has 0 radical (unpaired) electrons. The number of Topliss-reactive ketones (excluding diaryl/α,β-unsaturated/α-hetero) is 1. The van der Waals surface area contributed by atoms with Crippen LogP contribution in [0.4, 0.5) is 11.4 Å². The number of hydrogen-bond donors (Lipinski definition) is 1. The molecule has 5 nitrogen and oxygen atoms in total. The Morgan fingerprint density at radius 3 is 2.30 bits per heavy atom. The Bertz CT molecular complexity index is 771. The van der Waals surface area contributed by atoms with Crippen LogP contribution in [0.1, 0.15) is 39.9 Å². The standard InChI is InChI=1S/C13H18N2O.C9H12N2/c1-9(2)12(16)8-13-14-10-6-4-5-7-11(10)15(13)3;1-7(2)8(3)9-10-5-4-6-11-9/h4-7,9,13-14H,8H2,1-3H3;4-7H,3H2,1-2H3. The Labute approximate surface area is 162 Å². The van der Waals surface area contributed by atoms with Gasteiger partial charge >= 0.3 is 0 Å². The molecule has 27 heavy (non-hydrogen) atoms. The zero-order valence-corrected chi connectivity index (χ0v) is 16.9. The molecule has 3 rings (SSSR count). The van der Waals surface area contributed by atoms with Gasteiger partial charge in [0.1, 0.15) is 11.9 Å². The number of aromatic nitrogens is 2. The van der Waals surface area contributed by atoms with Crippen molar-refractivity contribution < 1.29 is 4.79 Å². The molecule has 1 N–H and O–H groups in total. The summed E-state index contributed by atoms with van der Waals surface area (Å²) < 4.78 is 0. The number of benzene rings is 1. The lowest BCUT2D eigenvalue weighted by atomic mass is 10.0. The molecule has 0 aliphatic carbocycles. The van der Waals surface area contributed by atoms with Crippen molar-refractivity contribution in [3.8, 4) is 0 Å². The number of ketones is 1. The van der Waals surface area contributed by atoms with Crippen LogP contribution in [0.2, 0.25) is 0 Å². The molecule has 0 spiro atoms. The number of para-hydroxylation sites is 2. The van der Waals surface area contributed by atoms with E-state index in [0.717, 1.165) is 17.1 Å². The highest BCUT2D eigenvalue weighted by Crippen LogP contribution is 2.34. The summed E-state index contributed by atoms with van der Waals surface area (Å²) >= 11 is 0. The Balaban J connectivity index is 0.000000208. The molecule has 1 aliphatic heterocycles. The van der Waals surface area contributed by atoms with E-state index in [2.05, 4.69) is 46.7 Å². The fraction of sp³-hybridized carbons (Fsp3) is 0.409. The van der Waals surface area contributed by atoms with E-state index in [1.54, 1.807) is 18.5 Å². The van der Waals surface area contributed by atoms with E-state index in [1.165, 1.54) is 5.69 Å². The number of nitrogens with one attached hydrogen (secondary N) is 1. The van der Waals surface area contributed by atoms with Crippen molar-refractivity contribution in [2.75, 3.05) is 17.3 Å². The number of allylic oxidation sites excluding steroid dienone is 1. The lowest BCUT2D eigenvalue weighted by Gasteiger charge is -2.22. The average Bonchev–Trinajstić information content (AvgIpc) is 2.98. The molecule has 0 fully saturated rings. The Morgan fingerprint density at radius 1 is 1.11 bits per heavy atom. The predicted molar refractivity (Wildman–Crippen MR) is 113 cm³/mol. The third-order valence-corrected chi connectivity index (χ3v) is 4.66. The minimum absolute atomic E-state index is 0.104. The first-order valence-electron chi connectivity index (χ1n) is 9.38. The van der Waals surface area contributed by atoms with Gasteiger partial charge in [0, 0.05) is 31.8 Å². The van der Waals surface area contributed by atoms with Crippen molar-refractivity contribution in [3.63, 3.8) is 0 Å². The molecule has 2 aromatic rings. The second-order valence-electron chi connectivity index (χ2n) is 7.37. The predicted octanol–water partition coefficient (Wildman–Crippen LogP) is 4.64. The summed E-state index contributed by atoms with van der Waals surface area (Å²) in [5, 5.41) is 3.38. The molecule has 1 atom stereocenters. The molecule has 0 saturated heterocycles. The lowest BCUT2D eigenvalue weighted by Crippen LogP contribution is -2.35. The first-order valence-corrected chi connectivity index (χ1v) is 9.38. The normalized spacial score (nSPS) is 15.1. The van der Waals surface area contributed by atoms with Crippen LogP contribution < -0.4 is 10.2 Å². The molecule has 144 valence electrons. The molecule has 0 bridgehead atoms. The maximum Gasteiger partial charge on any atom is 0.154 e. The SMILES string of the molecule is C=C(c1ncccn1)C(C)C.CC(C)C(=O)CC1Nc2ccccc2N1C. The summed E-state index contributed by atoms with van der Waals surface area (Å²) in [6, 6.07) is 9.95. The van der Waals surface area contributed by atoms with Gasteiger partial charge in [0.05, 0.1) is 11.4 Å². The van der Waals surface area contributed by atoms with Crippen LogP contribution in [0.15, 0.2) is 49.3 Å². The molecular formula is C22H30N4O. The van der Waals surface area contributed by atoms with Crippen molar-refractivity contribution in [3.05, 3.63) is 55.1 Å². The molecule has 5 heteroatoms. The van der Waals surface area contributed by atoms with Crippen LogP contribution in [0, 0.1) is 11.8 Å². The van der Waals surface area contributed by atoms with Crippen molar-refractivity contribution >= 4 is 22.7 Å². The summed E-state index contributed by atoms with van der Waals surface area (Å²) in [7, 11) is 2.02. The van der Waals surface area contributed by atoms with Crippen LogP contribution in [0.3, 0.4) is 0 Å². The van der Waals surface area contributed by atoms with E-state index in [1.807, 2.05) is 39.1 Å². The van der Waals surface area contributed by atoms with Crippen LogP contribution in [0.25, 0.3) is 5.57 Å². The van der Waals surface area contributed by atoms with Crippen LogP contribution in [-0.4, -0.2) is 29.0 Å². The molecule has 1 unspecified atom stereocenters. The minimum atomic E-state index is 0.104. The van der Waals surface area contributed by atoms with Crippen molar-refractivity contribution in [1.29, 1.82) is 0 Å². The monoisotopic (exact) mass is 366 g/mol. The van der Waals surface area contributed by atoms with E-state index < -0.39 is 0 Å². The van der Waals surface area contributed by atoms with E-state index in [4.69, 9.17) is 0 Å². The van der Waals surface area contributed by atoms with Gasteiger partial charge in [-0.1, -0.05) is 46.4 Å². The van der Waals surface area contributed by atoms with Crippen molar-refractivity contribution in [1.82, 2.24) is 9.97 Å². The second-order valence-corrected chi connectivity index (χ2v) is 7.37. The maximum atomic E-state index is 11.7. The quantitative estimate of drug-likeness (QED) is 0.836. The largest absolute Gasteiger partial charge is 0.363 e. The van der Waals surface area contributed by atoms with Gasteiger partial charge < -0.3 is 10.2 Å². The summed E-state index contributed by atoms with van der Waals surface area (Å²) in [5.74, 6) is 1.58. The smallest absolute Gasteiger partial charge is 0.154 e. The van der Waals surface area contributed by atoms with Crippen molar-refractivity contribution in [2.45, 2.75) is 40.3 Å². The highest BCUT2D eigenvalue weighted by molar-refractivity contribution is 5.84. The fourth-order valence-corrected chi connectivity index (χ4v) is 2.68. The highest BCUT2D eigenvalue weighted by atomic mass is 16.1. The number of nitrogens with zero attached hydrogens (tertiary/aromatic N) is 3. The third kappa shape index (κ3) is 5.39. The summed E-state index contributed by atoms with van der Waals surface area (Å²) in [6.07, 6.45) is 4.13. The van der Waals surface area contributed by atoms with Gasteiger partial charge in [-0.25, -0.2) is 9.97 Å². The van der Waals surface area contributed by atoms with E-state index in [-0.39, 0.29) is 12.1 Å². The van der Waals surface area contributed by atoms with Crippen LogP contribution in [-0.2, 0) is 4.79 Å². The maximum absolute atomic E-state index is 11.7. The lowest BCUT2D eigenvalue weighted by molar-refractivity contribution is -0.122. The summed E-state index contributed by atoms with van der Waals surface area (Å²) in [4.78, 5) is 22.0. The zero-order chi connectivity index (χ0) is 20.0. The number of anilines is 2. The number of rotatable bonds is 5. The number of hydrogen-bond acceptors (Lipinski definition) is 5. The molecule has 1 aliphatic rings. The first-order chi connectivity index (χ1) is 12.8. The van der Waals surface area contributed by atoms with E-state index in [9.17, 15) is 4.79 Å². The minimum Gasteiger partial charge on any atom is -0.363 e. The second kappa shape index (κ2) is 9.31. The van der Waals surface area contributed by atoms with E-state index >= 15 is 0 Å². The average molecular weight is 367 g/mol. The van der Waals surface area contributed by atoms with Gasteiger partial charge in [-0.15, -0.1) is 0 Å². The molecule has 1 aromatic carbocycles. The molecule has 2 heterocycles. The van der Waals surface area contributed by atoms with Gasteiger partial charge in [0.25, 0.3) is 0 Å². The number of carbonyl (C=O) groups excluding carboxylic acids is 1. The Kier molecular flexibility index (Phi) is 7.11. The zero-order valence-electron chi connectivity index (χ0n) is 16.9. The molecule has 0 amide bonds. The summed E-state index contributed by atoms with van der Waals surface area (Å²) in [6.45, 7) is 12.0.